The maximum absolute atomic E-state index is 4.12. The van der Waals surface area contributed by atoms with E-state index in [4.69, 9.17) is 0 Å². The van der Waals surface area contributed by atoms with Gasteiger partial charge in [0.05, 0.1) is 0 Å². The molecule has 2 saturated heterocycles. The largest absolute Gasteiger partial charge is 0.371 e. The van der Waals surface area contributed by atoms with E-state index in [-0.39, 0.29) is 0 Å². The van der Waals surface area contributed by atoms with Gasteiger partial charge in [-0.05, 0) is 69.3 Å². The van der Waals surface area contributed by atoms with Crippen molar-refractivity contribution in [2.75, 3.05) is 37.6 Å². The highest BCUT2D eigenvalue weighted by Crippen LogP contribution is 2.41. The maximum Gasteiger partial charge on any atom is 0.0397 e. The number of aromatic nitrogens is 1. The molecule has 0 atom stereocenters. The summed E-state index contributed by atoms with van der Waals surface area (Å²) in [4.78, 5) is 9.29. The number of hydrogen-bond donors (Lipinski definition) is 0. The van der Waals surface area contributed by atoms with Gasteiger partial charge in [0.2, 0.25) is 0 Å². The third-order valence-corrected chi connectivity index (χ3v) is 5.44. The molecule has 3 heteroatoms. The summed E-state index contributed by atoms with van der Waals surface area (Å²) in [6.45, 7) is 8.58. The van der Waals surface area contributed by atoms with Crippen LogP contribution in [0.2, 0.25) is 0 Å². The zero-order chi connectivity index (χ0) is 13.8. The van der Waals surface area contributed by atoms with Gasteiger partial charge >= 0.3 is 0 Å². The Hall–Kier alpha value is -1.09. The van der Waals surface area contributed by atoms with Crippen LogP contribution in [0.3, 0.4) is 0 Å². The first-order valence-corrected chi connectivity index (χ1v) is 8.19. The number of hydrogen-bond acceptors (Lipinski definition) is 3. The van der Waals surface area contributed by atoms with Crippen LogP contribution in [0.5, 0.6) is 0 Å². The van der Waals surface area contributed by atoms with Crippen LogP contribution in [0.1, 0.15) is 39.0 Å². The fraction of sp³-hybridized carbons (Fsp3) is 0.706. The lowest BCUT2D eigenvalue weighted by Crippen LogP contribution is -2.40. The number of anilines is 1. The van der Waals surface area contributed by atoms with Crippen molar-refractivity contribution in [1.82, 2.24) is 9.88 Å². The Morgan fingerprint density at radius 1 is 1.00 bits per heavy atom. The summed E-state index contributed by atoms with van der Waals surface area (Å²) in [7, 11) is 0. The first-order chi connectivity index (χ1) is 9.81. The molecule has 0 amide bonds. The van der Waals surface area contributed by atoms with E-state index in [9.17, 15) is 0 Å². The van der Waals surface area contributed by atoms with Crippen molar-refractivity contribution in [1.29, 1.82) is 0 Å². The summed E-state index contributed by atoms with van der Waals surface area (Å²) in [6, 6.07) is 4.29. The molecule has 1 aromatic heterocycles. The molecule has 0 unspecified atom stereocenters. The predicted octanol–water partition coefficient (Wildman–Crippen LogP) is 3.17. The number of nitrogens with zero attached hydrogens (tertiary/aromatic N) is 3. The van der Waals surface area contributed by atoms with Crippen LogP contribution >= 0.6 is 0 Å². The van der Waals surface area contributed by atoms with Gasteiger partial charge in [-0.15, -0.1) is 0 Å². The third kappa shape index (κ3) is 2.98. The molecule has 2 aliphatic rings. The van der Waals surface area contributed by atoms with Crippen LogP contribution in [-0.4, -0.2) is 42.6 Å². The molecule has 0 aliphatic carbocycles. The summed E-state index contributed by atoms with van der Waals surface area (Å²) in [5.74, 6) is 0. The minimum absolute atomic E-state index is 0.632. The highest BCUT2D eigenvalue weighted by molar-refractivity contribution is 5.45. The molecule has 20 heavy (non-hydrogen) atoms. The Bertz CT molecular complexity index is 410. The van der Waals surface area contributed by atoms with E-state index in [2.05, 4.69) is 33.8 Å². The lowest BCUT2D eigenvalue weighted by atomic mass is 9.73. The first kappa shape index (κ1) is 13.9. The molecule has 0 N–H and O–H groups in total. The maximum atomic E-state index is 4.12. The zero-order valence-corrected chi connectivity index (χ0v) is 12.7. The van der Waals surface area contributed by atoms with Crippen LogP contribution < -0.4 is 4.90 Å². The molecule has 0 bridgehead atoms. The van der Waals surface area contributed by atoms with Crippen molar-refractivity contribution in [2.45, 2.75) is 39.0 Å². The Morgan fingerprint density at radius 2 is 1.70 bits per heavy atom. The highest BCUT2D eigenvalue weighted by Gasteiger charge is 2.35. The summed E-state index contributed by atoms with van der Waals surface area (Å²) < 4.78 is 0. The summed E-state index contributed by atoms with van der Waals surface area (Å²) in [5.41, 5.74) is 1.98. The minimum Gasteiger partial charge on any atom is -0.371 e. The molecule has 110 valence electrons. The van der Waals surface area contributed by atoms with E-state index in [0.29, 0.717) is 5.41 Å². The van der Waals surface area contributed by atoms with E-state index in [0.717, 1.165) is 0 Å². The Kier molecular flexibility index (Phi) is 4.25. The van der Waals surface area contributed by atoms with Crippen LogP contribution in [0, 0.1) is 5.41 Å². The fourth-order valence-electron chi connectivity index (χ4n) is 3.92. The molecule has 2 fully saturated rings. The van der Waals surface area contributed by atoms with Crippen LogP contribution in [-0.2, 0) is 0 Å². The molecule has 3 rings (SSSR count). The smallest absolute Gasteiger partial charge is 0.0397 e. The lowest BCUT2D eigenvalue weighted by Gasteiger charge is -2.42. The van der Waals surface area contributed by atoms with E-state index in [1.165, 1.54) is 70.5 Å². The van der Waals surface area contributed by atoms with Gasteiger partial charge in [0.1, 0.15) is 0 Å². The van der Waals surface area contributed by atoms with Gasteiger partial charge in [0.25, 0.3) is 0 Å². The van der Waals surface area contributed by atoms with Gasteiger partial charge in [-0.3, -0.25) is 4.98 Å². The summed E-state index contributed by atoms with van der Waals surface area (Å²) in [5, 5.41) is 0. The van der Waals surface area contributed by atoms with E-state index < -0.39 is 0 Å². The lowest BCUT2D eigenvalue weighted by molar-refractivity contribution is 0.181. The van der Waals surface area contributed by atoms with Gasteiger partial charge in [-0.1, -0.05) is 6.92 Å². The second kappa shape index (κ2) is 6.13. The first-order valence-electron chi connectivity index (χ1n) is 8.19. The van der Waals surface area contributed by atoms with Gasteiger partial charge in [-0.25, -0.2) is 0 Å². The SMILES string of the molecule is CCN1CCCC2(CC1)CCN(c1ccncc1)CC2. The van der Waals surface area contributed by atoms with Gasteiger partial charge in [0.15, 0.2) is 0 Å². The number of likely N-dealkylation sites (tertiary alicyclic amines) is 1. The molecule has 1 aromatic rings. The average molecular weight is 273 g/mol. The second-order valence-electron chi connectivity index (χ2n) is 6.48. The van der Waals surface area contributed by atoms with Gasteiger partial charge < -0.3 is 9.80 Å². The molecule has 1 spiro atoms. The highest BCUT2D eigenvalue weighted by atomic mass is 15.1. The molecule has 0 saturated carbocycles. The van der Waals surface area contributed by atoms with Gasteiger partial charge in [-0.2, -0.15) is 0 Å². The van der Waals surface area contributed by atoms with Crippen LogP contribution in [0.25, 0.3) is 0 Å². The van der Waals surface area contributed by atoms with Crippen molar-refractivity contribution >= 4 is 5.69 Å². The zero-order valence-electron chi connectivity index (χ0n) is 12.7. The Morgan fingerprint density at radius 3 is 2.40 bits per heavy atom. The monoisotopic (exact) mass is 273 g/mol. The average Bonchev–Trinajstić information content (AvgIpc) is 2.72. The van der Waals surface area contributed by atoms with Crippen LogP contribution in [0.4, 0.5) is 5.69 Å². The minimum atomic E-state index is 0.632. The molecule has 3 heterocycles. The molecule has 3 nitrogen and oxygen atoms in total. The number of pyridine rings is 1. The topological polar surface area (TPSA) is 19.4 Å². The second-order valence-corrected chi connectivity index (χ2v) is 6.48. The van der Waals surface area contributed by atoms with Crippen molar-refractivity contribution < 1.29 is 0 Å². The Balaban J connectivity index is 1.60. The molecule has 2 aliphatic heterocycles. The summed E-state index contributed by atoms with van der Waals surface area (Å²) in [6.07, 6.45) is 10.8. The van der Waals surface area contributed by atoms with Gasteiger partial charge in [0, 0.05) is 31.2 Å². The third-order valence-electron chi connectivity index (χ3n) is 5.44. The molecule has 0 aromatic carbocycles. The quantitative estimate of drug-likeness (QED) is 0.825. The normalized spacial score (nSPS) is 23.8. The molecular weight excluding hydrogens is 246 g/mol. The van der Waals surface area contributed by atoms with Crippen molar-refractivity contribution in [3.05, 3.63) is 24.5 Å². The van der Waals surface area contributed by atoms with E-state index in [1.807, 2.05) is 12.4 Å². The van der Waals surface area contributed by atoms with E-state index >= 15 is 0 Å². The van der Waals surface area contributed by atoms with Crippen molar-refractivity contribution in [3.63, 3.8) is 0 Å². The van der Waals surface area contributed by atoms with Crippen LogP contribution in [0.15, 0.2) is 24.5 Å². The predicted molar refractivity (Wildman–Crippen MR) is 84.1 cm³/mol. The van der Waals surface area contributed by atoms with Crippen molar-refractivity contribution in [3.8, 4) is 0 Å². The summed E-state index contributed by atoms with van der Waals surface area (Å²) >= 11 is 0. The fourth-order valence-corrected chi connectivity index (χ4v) is 3.92. The molecular formula is C17H27N3. The Labute approximate surface area is 123 Å². The number of rotatable bonds is 2. The number of piperidine rings is 1. The van der Waals surface area contributed by atoms with E-state index in [1.54, 1.807) is 0 Å². The standard InChI is InChI=1S/C17H27N3/c1-2-19-12-3-6-17(7-13-19)8-14-20(15-9-17)16-4-10-18-11-5-16/h4-5,10-11H,2-3,6-9,12-15H2,1H3. The molecule has 0 radical (unpaired) electrons. The van der Waals surface area contributed by atoms with Crippen molar-refractivity contribution in [2.24, 2.45) is 5.41 Å².